The number of rotatable bonds is 11. The highest BCUT2D eigenvalue weighted by Crippen LogP contribution is 2.49. The predicted octanol–water partition coefficient (Wildman–Crippen LogP) is 18.1. The Balaban J connectivity index is 1.17. The van der Waals surface area contributed by atoms with Gasteiger partial charge in [0.1, 0.15) is 0 Å². The van der Waals surface area contributed by atoms with Crippen LogP contribution in [0.3, 0.4) is 0 Å². The van der Waals surface area contributed by atoms with Gasteiger partial charge in [0.05, 0.1) is 11.2 Å². The van der Waals surface area contributed by atoms with Gasteiger partial charge in [-0.1, -0.05) is 219 Å². The van der Waals surface area contributed by atoms with Crippen LogP contribution >= 0.6 is 0 Å². The second-order valence-corrected chi connectivity index (χ2v) is 16.9. The highest BCUT2D eigenvalue weighted by Gasteiger charge is 2.24. The quantitative estimate of drug-likeness (QED) is 0.118. The number of allylic oxidation sites excluding steroid dienone is 2. The van der Waals surface area contributed by atoms with Gasteiger partial charge in [0, 0.05) is 39.3 Å². The van der Waals surface area contributed by atoms with Crippen molar-refractivity contribution < 1.29 is 0 Å². The second-order valence-electron chi connectivity index (χ2n) is 16.9. The first-order valence-electron chi connectivity index (χ1n) is 23.0. The van der Waals surface area contributed by atoms with Crippen LogP contribution < -0.4 is 4.90 Å². The summed E-state index contributed by atoms with van der Waals surface area (Å²) in [6.07, 6.45) is 6.05. The van der Waals surface area contributed by atoms with E-state index in [1.165, 1.54) is 49.5 Å². The number of para-hydroxylation sites is 2. The molecule has 0 bridgehead atoms. The van der Waals surface area contributed by atoms with Crippen molar-refractivity contribution in [3.05, 3.63) is 273 Å². The fraction of sp³-hybridized carbons (Fsp3) is 0.0154. The lowest BCUT2D eigenvalue weighted by Gasteiger charge is -2.30. The van der Waals surface area contributed by atoms with E-state index < -0.39 is 0 Å². The third kappa shape index (κ3) is 7.65. The van der Waals surface area contributed by atoms with E-state index in [0.29, 0.717) is 0 Å². The fourth-order valence-corrected chi connectivity index (χ4v) is 9.90. The van der Waals surface area contributed by atoms with Crippen LogP contribution in [0, 0.1) is 6.92 Å². The van der Waals surface area contributed by atoms with E-state index in [0.717, 1.165) is 61.8 Å². The van der Waals surface area contributed by atoms with E-state index in [4.69, 9.17) is 0 Å². The molecule has 0 radical (unpaired) electrons. The summed E-state index contributed by atoms with van der Waals surface area (Å²) in [5, 5.41) is 3.69. The molecule has 11 rings (SSSR count). The Kier molecular flexibility index (Phi) is 11.0. The first-order valence-corrected chi connectivity index (χ1v) is 23.0. The van der Waals surface area contributed by atoms with E-state index in [1.807, 2.05) is 12.2 Å². The largest absolute Gasteiger partial charge is 0.310 e. The van der Waals surface area contributed by atoms with Crippen LogP contribution in [-0.2, 0) is 0 Å². The number of aromatic nitrogens is 1. The molecule has 0 unspecified atom stereocenters. The second kappa shape index (κ2) is 18.0. The van der Waals surface area contributed by atoms with Gasteiger partial charge in [-0.3, -0.25) is 0 Å². The zero-order valence-electron chi connectivity index (χ0n) is 37.4. The zero-order chi connectivity index (χ0) is 45.1. The molecule has 1 heterocycles. The van der Waals surface area contributed by atoms with Crippen molar-refractivity contribution in [2.45, 2.75) is 6.92 Å². The van der Waals surface area contributed by atoms with Gasteiger partial charge in [0.25, 0.3) is 0 Å². The van der Waals surface area contributed by atoms with Crippen LogP contribution in [0.2, 0.25) is 0 Å². The molecule has 0 spiro atoms. The Bertz CT molecular complexity index is 3580. The lowest BCUT2D eigenvalue weighted by atomic mass is 9.87. The Morgan fingerprint density at radius 2 is 0.955 bits per heavy atom. The van der Waals surface area contributed by atoms with Crippen molar-refractivity contribution in [3.8, 4) is 61.3 Å². The summed E-state index contributed by atoms with van der Waals surface area (Å²) in [5.74, 6) is 0. The highest BCUT2D eigenvalue weighted by atomic mass is 15.1. The number of aryl methyl sites for hydroxylation is 1. The summed E-state index contributed by atoms with van der Waals surface area (Å²) in [5.41, 5.74) is 19.5. The van der Waals surface area contributed by atoms with Gasteiger partial charge in [-0.15, -0.1) is 0 Å². The Hall–Kier alpha value is -8.72. The number of benzene rings is 10. The Morgan fingerprint density at radius 3 is 1.72 bits per heavy atom. The number of fused-ring (bicyclic) bond motifs is 2. The molecular weight excluding hydrogens is 809 g/mol. The number of hydrogen-bond acceptors (Lipinski definition) is 1. The lowest BCUT2D eigenvalue weighted by Crippen LogP contribution is -2.12. The summed E-state index contributed by atoms with van der Waals surface area (Å²) in [6, 6.07) is 88.0. The van der Waals surface area contributed by atoms with Crippen LogP contribution in [0.15, 0.2) is 261 Å². The summed E-state index contributed by atoms with van der Waals surface area (Å²) < 4.78 is 2.40. The molecule has 0 saturated carbocycles. The molecule has 318 valence electrons. The van der Waals surface area contributed by atoms with Crippen molar-refractivity contribution in [1.82, 2.24) is 4.57 Å². The minimum absolute atomic E-state index is 1.05. The average molecular weight is 857 g/mol. The summed E-state index contributed by atoms with van der Waals surface area (Å²) in [6.45, 7) is 6.23. The van der Waals surface area contributed by atoms with Gasteiger partial charge >= 0.3 is 0 Å². The summed E-state index contributed by atoms with van der Waals surface area (Å²) in [4.78, 5) is 2.46. The maximum absolute atomic E-state index is 4.00. The van der Waals surface area contributed by atoms with E-state index in [-0.39, 0.29) is 0 Å². The molecule has 2 nitrogen and oxygen atoms in total. The number of anilines is 3. The molecule has 0 atom stereocenters. The van der Waals surface area contributed by atoms with Crippen molar-refractivity contribution >= 4 is 44.8 Å². The van der Waals surface area contributed by atoms with Crippen molar-refractivity contribution in [2.75, 3.05) is 4.90 Å². The first kappa shape index (κ1) is 41.0. The van der Waals surface area contributed by atoms with Crippen LogP contribution in [0.1, 0.15) is 11.3 Å². The van der Waals surface area contributed by atoms with Crippen LogP contribution in [-0.4, -0.2) is 4.57 Å². The lowest BCUT2D eigenvalue weighted by molar-refractivity contribution is 1.10. The Morgan fingerprint density at radius 1 is 0.418 bits per heavy atom. The fourth-order valence-electron chi connectivity index (χ4n) is 9.90. The van der Waals surface area contributed by atoms with Crippen LogP contribution in [0.4, 0.5) is 17.1 Å². The van der Waals surface area contributed by atoms with Crippen molar-refractivity contribution in [3.63, 3.8) is 0 Å². The molecule has 0 aliphatic heterocycles. The smallest absolute Gasteiger partial charge is 0.0615 e. The molecular formula is C65H48N2. The normalized spacial score (nSPS) is 11.4. The minimum atomic E-state index is 1.05. The topological polar surface area (TPSA) is 8.17 Å². The molecule has 0 N–H and O–H groups in total. The minimum Gasteiger partial charge on any atom is -0.310 e. The number of nitrogens with zero attached hydrogens (tertiary/aromatic N) is 2. The van der Waals surface area contributed by atoms with E-state index >= 15 is 0 Å². The number of hydrogen-bond donors (Lipinski definition) is 0. The van der Waals surface area contributed by atoms with Gasteiger partial charge in [-0.25, -0.2) is 0 Å². The maximum atomic E-state index is 4.00. The molecule has 0 aliphatic carbocycles. The van der Waals surface area contributed by atoms with Crippen LogP contribution in [0.25, 0.3) is 89.1 Å². The maximum Gasteiger partial charge on any atom is 0.0615 e. The monoisotopic (exact) mass is 856 g/mol. The van der Waals surface area contributed by atoms with E-state index in [2.05, 4.69) is 272 Å². The third-order valence-corrected chi connectivity index (χ3v) is 13.0. The Labute approximate surface area is 393 Å². The van der Waals surface area contributed by atoms with E-state index in [9.17, 15) is 0 Å². The van der Waals surface area contributed by atoms with Crippen molar-refractivity contribution in [1.29, 1.82) is 0 Å². The van der Waals surface area contributed by atoms with E-state index in [1.54, 1.807) is 0 Å². The average Bonchev–Trinajstić information content (AvgIpc) is 3.69. The SMILES string of the molecule is C=C/C=C\c1c(C)c2cccc(-c3cccc(N(c4ccc(-c5cccc6ccccc56)cc4)c4cccc(-c5ccccc5)c4-c4ccccc4-c4ccccc4)c3)c2n1-c1ccccc1. The van der Waals surface area contributed by atoms with Gasteiger partial charge in [-0.05, 0) is 116 Å². The van der Waals surface area contributed by atoms with Crippen LogP contribution in [0.5, 0.6) is 0 Å². The molecule has 10 aromatic carbocycles. The predicted molar refractivity (Wildman–Crippen MR) is 287 cm³/mol. The van der Waals surface area contributed by atoms with Gasteiger partial charge in [0.15, 0.2) is 0 Å². The first-order chi connectivity index (χ1) is 33.2. The molecule has 67 heavy (non-hydrogen) atoms. The van der Waals surface area contributed by atoms with Gasteiger partial charge < -0.3 is 9.47 Å². The molecule has 0 fully saturated rings. The highest BCUT2D eigenvalue weighted by molar-refractivity contribution is 6.04. The summed E-state index contributed by atoms with van der Waals surface area (Å²) >= 11 is 0. The summed E-state index contributed by atoms with van der Waals surface area (Å²) in [7, 11) is 0. The van der Waals surface area contributed by atoms with Crippen molar-refractivity contribution in [2.24, 2.45) is 0 Å². The molecule has 2 heteroatoms. The van der Waals surface area contributed by atoms with Gasteiger partial charge in [0.2, 0.25) is 0 Å². The standard InChI is InChI=1S/C65H48N2/c1-3-4-39-62-46(2)55-35-20-38-60(65(55)67(62)52-29-12-7-13-30-52)51-28-18-31-54(45-51)66(53-43-41-50(42-44-53)57-36-19-27-48-26-14-15-32-56(48)57)63-40-21-37-59(49-24-10-6-11-25-49)64(63)61-34-17-16-33-58(61)47-22-8-5-9-23-47/h3-45H,1H2,2H3/b39-4-. The molecule has 0 amide bonds. The molecule has 1 aromatic heterocycles. The molecule has 0 saturated heterocycles. The van der Waals surface area contributed by atoms with Gasteiger partial charge in [-0.2, -0.15) is 0 Å². The third-order valence-electron chi connectivity index (χ3n) is 13.0. The molecule has 0 aliphatic rings. The molecule has 11 aromatic rings. The zero-order valence-corrected chi connectivity index (χ0v) is 37.4.